The quantitative estimate of drug-likeness (QED) is 0.704. The number of aromatic nitrogens is 2. The summed E-state index contributed by atoms with van der Waals surface area (Å²) in [5, 5.41) is 10.5. The predicted octanol–water partition coefficient (Wildman–Crippen LogP) is 3.21. The number of fused-ring (bicyclic) bond motifs is 1. The lowest BCUT2D eigenvalue weighted by Crippen LogP contribution is -2.01. The van der Waals surface area contributed by atoms with Crippen LogP contribution in [-0.2, 0) is 4.79 Å². The van der Waals surface area contributed by atoms with Crippen molar-refractivity contribution >= 4 is 28.7 Å². The molecule has 0 spiro atoms. The Balaban J connectivity index is 2.15. The predicted molar refractivity (Wildman–Crippen MR) is 91.1 cm³/mol. The standard InChI is InChI=1S/C18H16N2O4/c1-23-13-6-11(7-14(9-13)24-2)16(18(21)22)8-12-10-20-17-15(12)4-3-5-19-17/h3-10H,1-2H3,(H,19,20)(H,21,22). The maximum Gasteiger partial charge on any atom is 0.336 e. The molecule has 2 heterocycles. The number of carboxylic acid groups (broad SMARTS) is 1. The van der Waals surface area contributed by atoms with Gasteiger partial charge in [0.2, 0.25) is 0 Å². The van der Waals surface area contributed by atoms with E-state index in [2.05, 4.69) is 9.97 Å². The van der Waals surface area contributed by atoms with Crippen LogP contribution in [0.3, 0.4) is 0 Å². The van der Waals surface area contributed by atoms with Gasteiger partial charge in [0, 0.05) is 29.4 Å². The maximum absolute atomic E-state index is 11.8. The van der Waals surface area contributed by atoms with Crippen molar-refractivity contribution in [3.05, 3.63) is 53.9 Å². The molecule has 0 unspecified atom stereocenters. The van der Waals surface area contributed by atoms with E-state index in [9.17, 15) is 9.90 Å². The van der Waals surface area contributed by atoms with Gasteiger partial charge in [-0.2, -0.15) is 0 Å². The third-order valence-electron chi connectivity index (χ3n) is 3.68. The topological polar surface area (TPSA) is 84.4 Å². The van der Waals surface area contributed by atoms with Crippen molar-refractivity contribution in [1.29, 1.82) is 0 Å². The Bertz CT molecular complexity index is 905. The third-order valence-corrected chi connectivity index (χ3v) is 3.68. The summed E-state index contributed by atoms with van der Waals surface area (Å²) in [6.45, 7) is 0. The van der Waals surface area contributed by atoms with Gasteiger partial charge in [-0.25, -0.2) is 9.78 Å². The number of aliphatic carboxylic acids is 1. The van der Waals surface area contributed by atoms with Crippen LogP contribution in [0.5, 0.6) is 11.5 Å². The zero-order valence-electron chi connectivity index (χ0n) is 13.2. The molecule has 0 aliphatic rings. The summed E-state index contributed by atoms with van der Waals surface area (Å²) in [6, 6.07) is 8.71. The highest BCUT2D eigenvalue weighted by molar-refractivity contribution is 6.21. The summed E-state index contributed by atoms with van der Waals surface area (Å²) in [6.07, 6.45) is 5.02. The van der Waals surface area contributed by atoms with Crippen LogP contribution in [0, 0.1) is 0 Å². The number of carbonyl (C=O) groups is 1. The fourth-order valence-corrected chi connectivity index (χ4v) is 2.48. The summed E-state index contributed by atoms with van der Waals surface area (Å²) in [7, 11) is 3.04. The van der Waals surface area contributed by atoms with Crippen molar-refractivity contribution < 1.29 is 19.4 Å². The molecule has 0 fully saturated rings. The van der Waals surface area contributed by atoms with Crippen molar-refractivity contribution in [3.8, 4) is 11.5 Å². The number of H-pyrrole nitrogens is 1. The highest BCUT2D eigenvalue weighted by Gasteiger charge is 2.15. The third kappa shape index (κ3) is 2.94. The zero-order valence-corrected chi connectivity index (χ0v) is 13.2. The number of hydrogen-bond acceptors (Lipinski definition) is 4. The highest BCUT2D eigenvalue weighted by atomic mass is 16.5. The van der Waals surface area contributed by atoms with Crippen molar-refractivity contribution in [3.63, 3.8) is 0 Å². The minimum atomic E-state index is -1.04. The summed E-state index contributed by atoms with van der Waals surface area (Å²) in [5.41, 5.74) is 2.09. The second-order valence-electron chi connectivity index (χ2n) is 5.11. The summed E-state index contributed by atoms with van der Waals surface area (Å²) >= 11 is 0. The van der Waals surface area contributed by atoms with Crippen LogP contribution < -0.4 is 9.47 Å². The molecule has 0 amide bonds. The molecule has 0 atom stereocenters. The molecule has 122 valence electrons. The number of hydrogen-bond donors (Lipinski definition) is 2. The van der Waals surface area contributed by atoms with E-state index in [1.807, 2.05) is 12.1 Å². The molecule has 3 rings (SSSR count). The molecule has 3 aromatic rings. The molecule has 6 nitrogen and oxygen atoms in total. The van der Waals surface area contributed by atoms with Gasteiger partial charge >= 0.3 is 5.97 Å². The van der Waals surface area contributed by atoms with Gasteiger partial charge in [-0.15, -0.1) is 0 Å². The van der Waals surface area contributed by atoms with Crippen molar-refractivity contribution in [2.75, 3.05) is 14.2 Å². The second-order valence-corrected chi connectivity index (χ2v) is 5.11. The lowest BCUT2D eigenvalue weighted by Gasteiger charge is -2.09. The molecule has 24 heavy (non-hydrogen) atoms. The van der Waals surface area contributed by atoms with Crippen molar-refractivity contribution in [2.24, 2.45) is 0 Å². The van der Waals surface area contributed by atoms with Crippen LogP contribution >= 0.6 is 0 Å². The van der Waals surface area contributed by atoms with E-state index in [0.29, 0.717) is 22.7 Å². The second kappa shape index (κ2) is 6.45. The van der Waals surface area contributed by atoms with E-state index >= 15 is 0 Å². The van der Waals surface area contributed by atoms with Crippen molar-refractivity contribution in [1.82, 2.24) is 9.97 Å². The molecule has 2 aromatic heterocycles. The van der Waals surface area contributed by atoms with Gasteiger partial charge in [-0.1, -0.05) is 0 Å². The fraction of sp³-hybridized carbons (Fsp3) is 0.111. The maximum atomic E-state index is 11.8. The van der Waals surface area contributed by atoms with Crippen LogP contribution in [0.1, 0.15) is 11.1 Å². The monoisotopic (exact) mass is 324 g/mol. The van der Waals surface area contributed by atoms with Crippen molar-refractivity contribution in [2.45, 2.75) is 0 Å². The number of aromatic amines is 1. The van der Waals surface area contributed by atoms with Gasteiger partial charge in [0.15, 0.2) is 0 Å². The molecule has 0 saturated carbocycles. The molecule has 0 radical (unpaired) electrons. The molecule has 2 N–H and O–H groups in total. The Morgan fingerprint density at radius 1 is 1.21 bits per heavy atom. The number of rotatable bonds is 5. The number of nitrogens with zero attached hydrogens (tertiary/aromatic N) is 1. The first kappa shape index (κ1) is 15.6. The van der Waals surface area contributed by atoms with E-state index in [0.717, 1.165) is 10.9 Å². The first-order valence-corrected chi connectivity index (χ1v) is 7.23. The Hall–Kier alpha value is -3.28. The van der Waals surface area contributed by atoms with E-state index in [1.54, 1.807) is 36.7 Å². The molecular formula is C18H16N2O4. The summed E-state index contributed by atoms with van der Waals surface area (Å²) in [5.74, 6) is 0.0118. The number of carboxylic acids is 1. The van der Waals surface area contributed by atoms with Crippen LogP contribution in [-0.4, -0.2) is 35.3 Å². The van der Waals surface area contributed by atoms with E-state index in [1.165, 1.54) is 14.2 Å². The largest absolute Gasteiger partial charge is 0.497 e. The molecule has 0 bridgehead atoms. The van der Waals surface area contributed by atoms with E-state index < -0.39 is 5.97 Å². The first-order chi connectivity index (χ1) is 11.6. The molecular weight excluding hydrogens is 308 g/mol. The van der Waals surface area contributed by atoms with Gasteiger partial charge in [0.05, 0.1) is 19.8 Å². The SMILES string of the molecule is COc1cc(OC)cc(C(=Cc2c[nH]c3ncccc23)C(=O)O)c1. The molecule has 6 heteroatoms. The molecule has 0 aliphatic carbocycles. The fourth-order valence-electron chi connectivity index (χ4n) is 2.48. The van der Waals surface area contributed by atoms with Gasteiger partial charge in [-0.3, -0.25) is 0 Å². The van der Waals surface area contributed by atoms with E-state index in [4.69, 9.17) is 9.47 Å². The average molecular weight is 324 g/mol. The Kier molecular flexibility index (Phi) is 4.20. The summed E-state index contributed by atoms with van der Waals surface area (Å²) in [4.78, 5) is 19.0. The van der Waals surface area contributed by atoms with E-state index in [-0.39, 0.29) is 5.57 Å². The van der Waals surface area contributed by atoms with Gasteiger partial charge < -0.3 is 19.6 Å². The Morgan fingerprint density at radius 2 is 1.92 bits per heavy atom. The van der Waals surface area contributed by atoms with Crippen LogP contribution in [0.25, 0.3) is 22.7 Å². The first-order valence-electron chi connectivity index (χ1n) is 7.23. The van der Waals surface area contributed by atoms with Gasteiger partial charge in [0.25, 0.3) is 0 Å². The zero-order chi connectivity index (χ0) is 17.1. The lowest BCUT2D eigenvalue weighted by atomic mass is 10.0. The Labute approximate surface area is 138 Å². The molecule has 0 saturated heterocycles. The highest BCUT2D eigenvalue weighted by Crippen LogP contribution is 2.29. The molecule has 1 aromatic carbocycles. The number of nitrogens with one attached hydrogen (secondary N) is 1. The van der Waals surface area contributed by atoms with Crippen LogP contribution in [0.4, 0.5) is 0 Å². The smallest absolute Gasteiger partial charge is 0.336 e. The number of ether oxygens (including phenoxy) is 2. The van der Waals surface area contributed by atoms with Crippen LogP contribution in [0.15, 0.2) is 42.7 Å². The average Bonchev–Trinajstić information content (AvgIpc) is 3.01. The van der Waals surface area contributed by atoms with Gasteiger partial charge in [0.1, 0.15) is 17.1 Å². The minimum absolute atomic E-state index is 0.136. The number of methoxy groups -OCH3 is 2. The van der Waals surface area contributed by atoms with Crippen LogP contribution in [0.2, 0.25) is 0 Å². The lowest BCUT2D eigenvalue weighted by molar-refractivity contribution is -0.130. The Morgan fingerprint density at radius 3 is 2.54 bits per heavy atom. The number of pyridine rings is 1. The number of benzene rings is 1. The summed E-state index contributed by atoms with van der Waals surface area (Å²) < 4.78 is 10.4. The van der Waals surface area contributed by atoms with Gasteiger partial charge in [-0.05, 0) is 35.9 Å². The molecule has 0 aliphatic heterocycles. The normalized spacial score (nSPS) is 11.5. The minimum Gasteiger partial charge on any atom is -0.497 e.